The number of carbonyl (C=O) groups excluding carboxylic acids is 1. The first-order valence-electron chi connectivity index (χ1n) is 9.77. The lowest BCUT2D eigenvalue weighted by Crippen LogP contribution is -2.42. The second-order valence-electron chi connectivity index (χ2n) is 7.10. The molecular weight excluding hydrogens is 473 g/mol. The summed E-state index contributed by atoms with van der Waals surface area (Å²) in [5, 5.41) is 12.0. The molecule has 1 aliphatic carbocycles. The van der Waals surface area contributed by atoms with E-state index >= 15 is 0 Å². The molecule has 0 spiro atoms. The molecule has 1 saturated carbocycles. The molecule has 2 fully saturated rings. The molecule has 6 nitrogen and oxygen atoms in total. The van der Waals surface area contributed by atoms with Crippen LogP contribution in [0.1, 0.15) is 49.4 Å². The summed E-state index contributed by atoms with van der Waals surface area (Å²) in [6.07, 6.45) is 6.26. The van der Waals surface area contributed by atoms with E-state index in [1.807, 2.05) is 11.3 Å². The number of nitrogens with one attached hydrogen (secondary N) is 3. The predicted octanol–water partition coefficient (Wildman–Crippen LogP) is 2.73. The fraction of sp³-hybridized carbons (Fsp3) is 0.684. The Morgan fingerprint density at radius 3 is 2.74 bits per heavy atom. The molecule has 152 valence electrons. The van der Waals surface area contributed by atoms with Gasteiger partial charge in [-0.3, -0.25) is 14.7 Å². The minimum Gasteiger partial charge on any atom is -0.356 e. The van der Waals surface area contributed by atoms with Crippen molar-refractivity contribution in [2.45, 2.75) is 50.6 Å². The Balaban J connectivity index is 0.00000261. The Hall–Kier alpha value is -0.870. The first-order chi connectivity index (χ1) is 12.8. The van der Waals surface area contributed by atoms with Crippen LogP contribution in [0, 0.1) is 0 Å². The largest absolute Gasteiger partial charge is 0.356 e. The van der Waals surface area contributed by atoms with E-state index in [1.54, 1.807) is 7.05 Å². The van der Waals surface area contributed by atoms with E-state index in [1.165, 1.54) is 30.8 Å². The highest BCUT2D eigenvalue weighted by Crippen LogP contribution is 2.27. The maximum absolute atomic E-state index is 11.7. The van der Waals surface area contributed by atoms with Gasteiger partial charge in [0.2, 0.25) is 5.91 Å². The smallest absolute Gasteiger partial charge is 0.220 e. The maximum atomic E-state index is 11.7. The maximum Gasteiger partial charge on any atom is 0.220 e. The number of carbonyl (C=O) groups is 1. The molecule has 0 radical (unpaired) electrons. The molecule has 3 N–H and O–H groups in total. The van der Waals surface area contributed by atoms with Crippen LogP contribution in [-0.4, -0.2) is 56.0 Å². The first-order valence-corrected chi connectivity index (χ1v) is 10.7. The first kappa shape index (κ1) is 22.4. The molecule has 0 aromatic carbocycles. The van der Waals surface area contributed by atoms with Crippen LogP contribution in [0.25, 0.3) is 0 Å². The van der Waals surface area contributed by atoms with Gasteiger partial charge in [-0.15, -0.1) is 35.3 Å². The van der Waals surface area contributed by atoms with Gasteiger partial charge in [0, 0.05) is 37.5 Å². The zero-order valence-corrected chi connectivity index (χ0v) is 19.2. The van der Waals surface area contributed by atoms with Crippen LogP contribution in [0.5, 0.6) is 0 Å². The molecule has 1 aromatic heterocycles. The average Bonchev–Trinajstić information content (AvgIpc) is 3.10. The molecule has 8 heteroatoms. The summed E-state index contributed by atoms with van der Waals surface area (Å²) in [7, 11) is 1.80. The van der Waals surface area contributed by atoms with Crippen molar-refractivity contribution in [3.63, 3.8) is 0 Å². The van der Waals surface area contributed by atoms with Gasteiger partial charge in [0.25, 0.3) is 0 Å². The number of guanidine groups is 1. The van der Waals surface area contributed by atoms with Crippen molar-refractivity contribution in [3.05, 3.63) is 22.4 Å². The number of likely N-dealkylation sites (tertiary alicyclic amines) is 1. The van der Waals surface area contributed by atoms with E-state index in [2.05, 4.69) is 43.4 Å². The van der Waals surface area contributed by atoms with Crippen LogP contribution in [0.15, 0.2) is 22.5 Å². The van der Waals surface area contributed by atoms with E-state index in [-0.39, 0.29) is 29.9 Å². The van der Waals surface area contributed by atoms with Crippen molar-refractivity contribution in [2.24, 2.45) is 4.99 Å². The summed E-state index contributed by atoms with van der Waals surface area (Å²) in [4.78, 5) is 20.0. The van der Waals surface area contributed by atoms with Crippen molar-refractivity contribution in [1.29, 1.82) is 0 Å². The van der Waals surface area contributed by atoms with Crippen molar-refractivity contribution < 1.29 is 4.79 Å². The molecular formula is C19H32IN5OS. The van der Waals surface area contributed by atoms with Gasteiger partial charge in [-0.1, -0.05) is 6.07 Å². The molecule has 1 aromatic rings. The number of hydrogen-bond donors (Lipinski definition) is 3. The molecule has 1 unspecified atom stereocenters. The standard InChI is InChI=1S/C19H31N5OS.HI/c1-20-19(21-10-4-7-18(25)23-15-8-9-15)22-14-16(17-6-5-13-26-17)24-11-2-3-12-24;/h5-6,13,15-16H,2-4,7-12,14H2,1H3,(H,23,25)(H2,20,21,22);1H. The topological polar surface area (TPSA) is 68.8 Å². The Labute approximate surface area is 183 Å². The van der Waals surface area contributed by atoms with Crippen LogP contribution < -0.4 is 16.0 Å². The molecule has 1 amide bonds. The summed E-state index contributed by atoms with van der Waals surface area (Å²) in [5.41, 5.74) is 0. The molecule has 1 saturated heterocycles. The monoisotopic (exact) mass is 505 g/mol. The fourth-order valence-electron chi connectivity index (χ4n) is 3.34. The minimum absolute atomic E-state index is 0. The summed E-state index contributed by atoms with van der Waals surface area (Å²) < 4.78 is 0. The SMILES string of the molecule is CN=C(NCCCC(=O)NC1CC1)NCC(c1cccs1)N1CCCC1.I. The second-order valence-corrected chi connectivity index (χ2v) is 8.08. The van der Waals surface area contributed by atoms with Gasteiger partial charge in [0.1, 0.15) is 0 Å². The van der Waals surface area contributed by atoms with Gasteiger partial charge in [0.05, 0.1) is 6.04 Å². The Bertz CT molecular complexity index is 585. The van der Waals surface area contributed by atoms with Crippen molar-refractivity contribution >= 4 is 47.2 Å². The molecule has 2 aliphatic rings. The molecule has 0 bridgehead atoms. The summed E-state index contributed by atoms with van der Waals surface area (Å²) in [6.45, 7) is 3.95. The third kappa shape index (κ3) is 7.57. The van der Waals surface area contributed by atoms with E-state index in [4.69, 9.17) is 0 Å². The average molecular weight is 505 g/mol. The van der Waals surface area contributed by atoms with E-state index in [9.17, 15) is 4.79 Å². The number of hydrogen-bond acceptors (Lipinski definition) is 4. The number of amides is 1. The lowest BCUT2D eigenvalue weighted by molar-refractivity contribution is -0.121. The van der Waals surface area contributed by atoms with Crippen LogP contribution in [0.3, 0.4) is 0 Å². The van der Waals surface area contributed by atoms with Gasteiger partial charge in [-0.25, -0.2) is 0 Å². The van der Waals surface area contributed by atoms with E-state index in [0.717, 1.165) is 38.3 Å². The van der Waals surface area contributed by atoms with Gasteiger partial charge in [0.15, 0.2) is 5.96 Å². The number of aliphatic imine (C=N–C) groups is 1. The minimum atomic E-state index is 0. The molecule has 1 atom stereocenters. The van der Waals surface area contributed by atoms with Crippen molar-refractivity contribution in [2.75, 3.05) is 33.2 Å². The number of rotatable bonds is 9. The number of halogens is 1. The summed E-state index contributed by atoms with van der Waals surface area (Å²) in [5.74, 6) is 0.984. The molecule has 27 heavy (non-hydrogen) atoms. The highest BCUT2D eigenvalue weighted by molar-refractivity contribution is 14.0. The third-order valence-corrected chi connectivity index (χ3v) is 5.93. The summed E-state index contributed by atoms with van der Waals surface area (Å²) >= 11 is 1.83. The molecule has 2 heterocycles. The summed E-state index contributed by atoms with van der Waals surface area (Å²) in [6, 6.07) is 5.21. The Kier molecular flexibility index (Phi) is 9.84. The zero-order chi connectivity index (χ0) is 18.2. The lowest BCUT2D eigenvalue weighted by Gasteiger charge is -2.27. The predicted molar refractivity (Wildman–Crippen MR) is 123 cm³/mol. The number of thiophene rings is 1. The van der Waals surface area contributed by atoms with Crippen LogP contribution >= 0.6 is 35.3 Å². The Morgan fingerprint density at radius 1 is 1.33 bits per heavy atom. The third-order valence-electron chi connectivity index (χ3n) is 4.96. The quantitative estimate of drug-likeness (QED) is 0.209. The normalized spacial score (nSPS) is 18.6. The van der Waals surface area contributed by atoms with Crippen LogP contribution in [0.4, 0.5) is 0 Å². The highest BCUT2D eigenvalue weighted by atomic mass is 127. The van der Waals surface area contributed by atoms with Crippen molar-refractivity contribution in [1.82, 2.24) is 20.9 Å². The molecule has 3 rings (SSSR count). The highest BCUT2D eigenvalue weighted by Gasteiger charge is 2.24. The second kappa shape index (κ2) is 11.9. The van der Waals surface area contributed by atoms with Crippen LogP contribution in [0.2, 0.25) is 0 Å². The van der Waals surface area contributed by atoms with Crippen molar-refractivity contribution in [3.8, 4) is 0 Å². The van der Waals surface area contributed by atoms with Gasteiger partial charge in [-0.05, 0) is 56.6 Å². The van der Waals surface area contributed by atoms with Gasteiger partial charge in [-0.2, -0.15) is 0 Å². The lowest BCUT2D eigenvalue weighted by atomic mass is 10.2. The van der Waals surface area contributed by atoms with Gasteiger partial charge >= 0.3 is 0 Å². The van der Waals surface area contributed by atoms with Crippen LogP contribution in [-0.2, 0) is 4.79 Å². The zero-order valence-electron chi connectivity index (χ0n) is 16.1. The van der Waals surface area contributed by atoms with Gasteiger partial charge < -0.3 is 16.0 Å². The number of nitrogens with zero attached hydrogens (tertiary/aromatic N) is 2. The molecule has 1 aliphatic heterocycles. The van der Waals surface area contributed by atoms with E-state index < -0.39 is 0 Å². The Morgan fingerprint density at radius 2 is 2.11 bits per heavy atom. The van der Waals surface area contributed by atoms with E-state index in [0.29, 0.717) is 18.5 Å². The fourth-order valence-corrected chi connectivity index (χ4v) is 4.20.